The Morgan fingerprint density at radius 2 is 2.09 bits per heavy atom. The minimum Gasteiger partial charge on any atom is -0.454 e. The van der Waals surface area contributed by atoms with Gasteiger partial charge < -0.3 is 13.9 Å². The number of hydrogen-bond acceptors (Lipinski definition) is 8. The topological polar surface area (TPSA) is 105 Å². The number of benzene rings is 1. The Bertz CT molecular complexity index is 778. The second-order valence-electron chi connectivity index (χ2n) is 4.77. The van der Waals surface area contributed by atoms with Gasteiger partial charge in [-0.2, -0.15) is 10.5 Å². The Morgan fingerprint density at radius 3 is 2.91 bits per heavy atom. The van der Waals surface area contributed by atoms with E-state index in [0.717, 1.165) is 5.56 Å². The fraction of sp³-hybridized carbons (Fsp3) is 0.333. The van der Waals surface area contributed by atoms with Crippen molar-refractivity contribution in [1.82, 2.24) is 10.2 Å². The largest absolute Gasteiger partial charge is 0.454 e. The quantitative estimate of drug-likeness (QED) is 0.745. The Hall–Kier alpha value is -2.71. The first-order valence-corrected chi connectivity index (χ1v) is 7.91. The number of fused-ring (bicyclic) bond motifs is 1. The molecule has 0 aliphatic carbocycles. The van der Waals surface area contributed by atoms with E-state index in [9.17, 15) is 0 Å². The van der Waals surface area contributed by atoms with Crippen molar-refractivity contribution in [3.63, 3.8) is 0 Å². The summed E-state index contributed by atoms with van der Waals surface area (Å²) in [4.78, 5) is 0. The lowest BCUT2D eigenvalue weighted by Gasteiger charge is -2.02. The summed E-state index contributed by atoms with van der Waals surface area (Å²) in [6.07, 6.45) is 0.911. The number of nitrogens with zero attached hydrogens (tertiary/aromatic N) is 4. The monoisotopic (exact) mass is 328 g/mol. The van der Waals surface area contributed by atoms with Gasteiger partial charge in [-0.05, 0) is 24.6 Å². The van der Waals surface area contributed by atoms with Crippen molar-refractivity contribution in [2.24, 2.45) is 5.92 Å². The van der Waals surface area contributed by atoms with Crippen molar-refractivity contribution < 1.29 is 13.9 Å². The highest BCUT2D eigenvalue weighted by molar-refractivity contribution is 7.99. The first kappa shape index (κ1) is 15.2. The van der Waals surface area contributed by atoms with Gasteiger partial charge in [0.2, 0.25) is 12.7 Å². The predicted octanol–water partition coefficient (Wildman–Crippen LogP) is 3.00. The first-order valence-electron chi connectivity index (χ1n) is 6.93. The third-order valence-corrected chi connectivity index (χ3v) is 4.20. The highest BCUT2D eigenvalue weighted by atomic mass is 32.2. The van der Waals surface area contributed by atoms with E-state index in [1.165, 1.54) is 11.8 Å². The van der Waals surface area contributed by atoms with E-state index in [-0.39, 0.29) is 12.7 Å². The molecule has 1 aliphatic heterocycles. The Labute approximate surface area is 136 Å². The first-order chi connectivity index (χ1) is 11.3. The molecular formula is C15H12N4O3S. The van der Waals surface area contributed by atoms with Crippen LogP contribution in [0.1, 0.15) is 12.8 Å². The van der Waals surface area contributed by atoms with Crippen LogP contribution in [-0.4, -0.2) is 22.7 Å². The minimum atomic E-state index is -0.208. The maximum atomic E-state index is 9.04. The van der Waals surface area contributed by atoms with E-state index in [1.807, 2.05) is 12.1 Å². The van der Waals surface area contributed by atoms with Crippen molar-refractivity contribution in [2.45, 2.75) is 18.1 Å². The summed E-state index contributed by atoms with van der Waals surface area (Å²) in [5.41, 5.74) is 0.745. The second-order valence-corrected chi connectivity index (χ2v) is 5.75. The standard InChI is InChI=1S/C15H12N4O3S/c16-5-1-2-10(7-17)8-23-15-19-18-14(22-15)11-3-4-12-13(6-11)21-9-20-12/h3-4,6,10H,1-2,8-9H2/t10-/m1/s1. The Morgan fingerprint density at radius 1 is 1.22 bits per heavy atom. The molecule has 1 aromatic carbocycles. The molecule has 23 heavy (non-hydrogen) atoms. The zero-order valence-electron chi connectivity index (χ0n) is 12.1. The SMILES string of the molecule is N#CCC[C@H](C#N)CSc1nnc(-c2ccc3c(c2)OCO3)o1. The molecule has 3 rings (SSSR count). The summed E-state index contributed by atoms with van der Waals surface area (Å²) in [6, 6.07) is 9.63. The summed E-state index contributed by atoms with van der Waals surface area (Å²) in [5, 5.41) is 26.0. The average molecular weight is 328 g/mol. The van der Waals surface area contributed by atoms with Gasteiger partial charge in [0.15, 0.2) is 11.5 Å². The van der Waals surface area contributed by atoms with Gasteiger partial charge in [-0.15, -0.1) is 10.2 Å². The smallest absolute Gasteiger partial charge is 0.276 e. The fourth-order valence-corrected chi connectivity index (χ4v) is 2.83. The fourth-order valence-electron chi connectivity index (χ4n) is 2.01. The van der Waals surface area contributed by atoms with Crippen molar-refractivity contribution >= 4 is 11.8 Å². The Balaban J connectivity index is 1.64. The van der Waals surface area contributed by atoms with E-state index >= 15 is 0 Å². The molecule has 0 N–H and O–H groups in total. The van der Waals surface area contributed by atoms with Crippen molar-refractivity contribution in [3.8, 4) is 35.1 Å². The molecule has 0 bridgehead atoms. The molecule has 1 aliphatic rings. The highest BCUT2D eigenvalue weighted by Gasteiger charge is 2.17. The second kappa shape index (κ2) is 7.03. The van der Waals surface area contributed by atoms with E-state index in [0.29, 0.717) is 41.2 Å². The lowest BCUT2D eigenvalue weighted by molar-refractivity contribution is 0.174. The van der Waals surface area contributed by atoms with Gasteiger partial charge in [0.1, 0.15) is 0 Å². The van der Waals surface area contributed by atoms with Gasteiger partial charge >= 0.3 is 0 Å². The number of ether oxygens (including phenoxy) is 2. The third kappa shape index (κ3) is 3.55. The van der Waals surface area contributed by atoms with Gasteiger partial charge in [-0.3, -0.25) is 0 Å². The van der Waals surface area contributed by atoms with Crippen LogP contribution in [0, 0.1) is 28.6 Å². The molecule has 0 fully saturated rings. The zero-order valence-corrected chi connectivity index (χ0v) is 12.9. The van der Waals surface area contributed by atoms with Crippen LogP contribution in [0.2, 0.25) is 0 Å². The minimum absolute atomic E-state index is 0.208. The third-order valence-electron chi connectivity index (χ3n) is 3.22. The molecule has 0 spiro atoms. The molecule has 1 aromatic heterocycles. The summed E-state index contributed by atoms with van der Waals surface area (Å²) in [5.74, 6) is 2.03. The summed E-state index contributed by atoms with van der Waals surface area (Å²) in [6.45, 7) is 0.210. The van der Waals surface area contributed by atoms with E-state index < -0.39 is 0 Å². The summed E-state index contributed by atoms with van der Waals surface area (Å²) < 4.78 is 16.2. The van der Waals surface area contributed by atoms with E-state index in [4.69, 9.17) is 24.4 Å². The van der Waals surface area contributed by atoms with Gasteiger partial charge in [0, 0.05) is 17.7 Å². The van der Waals surface area contributed by atoms with Crippen LogP contribution in [0.4, 0.5) is 0 Å². The van der Waals surface area contributed by atoms with Crippen LogP contribution in [0.25, 0.3) is 11.5 Å². The summed E-state index contributed by atoms with van der Waals surface area (Å²) in [7, 11) is 0. The number of thioether (sulfide) groups is 1. The molecule has 0 saturated heterocycles. The molecule has 0 saturated carbocycles. The van der Waals surface area contributed by atoms with Gasteiger partial charge in [0.25, 0.3) is 5.22 Å². The van der Waals surface area contributed by atoms with Crippen LogP contribution in [0.15, 0.2) is 27.8 Å². The lowest BCUT2D eigenvalue weighted by Crippen LogP contribution is -1.99. The molecule has 0 radical (unpaired) electrons. The maximum Gasteiger partial charge on any atom is 0.276 e. The molecule has 8 heteroatoms. The molecule has 1 atom stereocenters. The van der Waals surface area contributed by atoms with Crippen LogP contribution in [0.5, 0.6) is 11.5 Å². The van der Waals surface area contributed by atoms with Crippen molar-refractivity contribution in [2.75, 3.05) is 12.5 Å². The number of rotatable bonds is 6. The Kier molecular flexibility index (Phi) is 4.65. The zero-order chi connectivity index (χ0) is 16.1. The normalized spacial score (nSPS) is 13.3. The van der Waals surface area contributed by atoms with E-state index in [1.54, 1.807) is 12.1 Å². The lowest BCUT2D eigenvalue weighted by atomic mass is 10.1. The van der Waals surface area contributed by atoms with Crippen LogP contribution < -0.4 is 9.47 Å². The van der Waals surface area contributed by atoms with Crippen LogP contribution in [-0.2, 0) is 0 Å². The maximum absolute atomic E-state index is 9.04. The molecule has 116 valence electrons. The highest BCUT2D eigenvalue weighted by Crippen LogP contribution is 2.36. The average Bonchev–Trinajstić information content (AvgIpc) is 3.23. The van der Waals surface area contributed by atoms with Crippen molar-refractivity contribution in [1.29, 1.82) is 10.5 Å². The van der Waals surface area contributed by atoms with Crippen LogP contribution in [0.3, 0.4) is 0 Å². The number of hydrogen-bond donors (Lipinski definition) is 0. The molecule has 2 heterocycles. The van der Waals surface area contributed by atoms with Crippen molar-refractivity contribution in [3.05, 3.63) is 18.2 Å². The molecule has 2 aromatic rings. The molecule has 0 unspecified atom stereocenters. The van der Waals surface area contributed by atoms with E-state index in [2.05, 4.69) is 16.3 Å². The molecular weight excluding hydrogens is 316 g/mol. The number of nitriles is 2. The summed E-state index contributed by atoms with van der Waals surface area (Å²) >= 11 is 1.32. The molecule has 7 nitrogen and oxygen atoms in total. The molecule has 0 amide bonds. The predicted molar refractivity (Wildman–Crippen MR) is 80.5 cm³/mol. The van der Waals surface area contributed by atoms with Gasteiger partial charge in [-0.1, -0.05) is 11.8 Å². The van der Waals surface area contributed by atoms with Crippen LogP contribution >= 0.6 is 11.8 Å². The van der Waals surface area contributed by atoms with Gasteiger partial charge in [0.05, 0.1) is 18.1 Å². The van der Waals surface area contributed by atoms with Gasteiger partial charge in [-0.25, -0.2) is 0 Å². The number of aromatic nitrogens is 2.